The predicted molar refractivity (Wildman–Crippen MR) is 90.4 cm³/mol. The number of aromatic nitrogens is 1. The van der Waals surface area contributed by atoms with Crippen molar-refractivity contribution >= 4 is 21.8 Å². The van der Waals surface area contributed by atoms with E-state index >= 15 is 0 Å². The molecule has 0 radical (unpaired) electrons. The van der Waals surface area contributed by atoms with Crippen LogP contribution in [-0.2, 0) is 16.6 Å². The zero-order valence-corrected chi connectivity index (χ0v) is 15.0. The molecule has 0 fully saturated rings. The molecular weight excluding hydrogens is 306 g/mol. The van der Waals surface area contributed by atoms with Crippen molar-refractivity contribution < 1.29 is 8.42 Å². The predicted octanol–water partition coefficient (Wildman–Crippen LogP) is 2.21. The van der Waals surface area contributed by atoms with E-state index in [4.69, 9.17) is 0 Å². The number of sulfonamides is 1. The van der Waals surface area contributed by atoms with Gasteiger partial charge in [-0.1, -0.05) is 6.92 Å². The van der Waals surface area contributed by atoms with Crippen LogP contribution in [0.5, 0.6) is 0 Å². The summed E-state index contributed by atoms with van der Waals surface area (Å²) < 4.78 is 29.3. The van der Waals surface area contributed by atoms with Gasteiger partial charge in [0.15, 0.2) is 0 Å². The number of rotatable bonds is 10. The van der Waals surface area contributed by atoms with E-state index in [1.165, 1.54) is 0 Å². The Balaban J connectivity index is 2.86. The highest BCUT2D eigenvalue weighted by Crippen LogP contribution is 2.19. The van der Waals surface area contributed by atoms with Gasteiger partial charge in [0.2, 0.25) is 10.0 Å². The van der Waals surface area contributed by atoms with Crippen LogP contribution in [0.2, 0.25) is 0 Å². The molecule has 0 amide bonds. The average Bonchev–Trinajstić information content (AvgIpc) is 2.86. The van der Waals surface area contributed by atoms with Gasteiger partial charge in [0.05, 0.1) is 4.90 Å². The van der Waals surface area contributed by atoms with Crippen molar-refractivity contribution in [1.82, 2.24) is 14.6 Å². The Morgan fingerprint density at radius 2 is 2.10 bits per heavy atom. The molecule has 0 spiro atoms. The number of thioether (sulfide) groups is 1. The highest BCUT2D eigenvalue weighted by Gasteiger charge is 2.18. The third-order valence-electron chi connectivity index (χ3n) is 3.15. The molecule has 0 aromatic carbocycles. The van der Waals surface area contributed by atoms with Gasteiger partial charge in [-0.3, -0.25) is 0 Å². The highest BCUT2D eigenvalue weighted by molar-refractivity contribution is 7.98. The molecule has 122 valence electrons. The van der Waals surface area contributed by atoms with Crippen LogP contribution >= 0.6 is 11.8 Å². The number of nitrogens with one attached hydrogen (secondary N) is 2. The van der Waals surface area contributed by atoms with Gasteiger partial charge in [-0.25, -0.2) is 13.1 Å². The second-order valence-corrected chi connectivity index (χ2v) is 7.95. The van der Waals surface area contributed by atoms with E-state index in [-0.39, 0.29) is 6.04 Å². The molecule has 5 nitrogen and oxygen atoms in total. The van der Waals surface area contributed by atoms with Gasteiger partial charge < -0.3 is 9.88 Å². The van der Waals surface area contributed by atoms with Gasteiger partial charge in [-0.2, -0.15) is 11.8 Å². The molecule has 21 heavy (non-hydrogen) atoms. The lowest BCUT2D eigenvalue weighted by Gasteiger charge is -2.12. The van der Waals surface area contributed by atoms with Crippen LogP contribution in [-0.4, -0.2) is 38.1 Å². The Bertz CT molecular complexity index is 524. The molecule has 0 saturated heterocycles. The Labute approximate surface area is 132 Å². The largest absolute Gasteiger partial charge is 0.346 e. The van der Waals surface area contributed by atoms with Crippen molar-refractivity contribution in [3.05, 3.63) is 18.0 Å². The van der Waals surface area contributed by atoms with Crippen LogP contribution in [0.25, 0.3) is 0 Å². The van der Waals surface area contributed by atoms with E-state index in [2.05, 4.69) is 23.9 Å². The lowest BCUT2D eigenvalue weighted by molar-refractivity contribution is 0.554. The van der Waals surface area contributed by atoms with Gasteiger partial charge >= 0.3 is 0 Å². The third-order valence-corrected chi connectivity index (χ3v) is 5.27. The fraction of sp³-hybridized carbons (Fsp3) is 0.714. The van der Waals surface area contributed by atoms with Crippen LogP contribution in [0.1, 0.15) is 38.9 Å². The number of hydrogen-bond donors (Lipinski definition) is 2. The average molecular weight is 334 g/mol. The van der Waals surface area contributed by atoms with Crippen molar-refractivity contribution in [2.75, 3.05) is 25.1 Å². The lowest BCUT2D eigenvalue weighted by Crippen LogP contribution is -2.24. The Morgan fingerprint density at radius 3 is 2.67 bits per heavy atom. The van der Waals surface area contributed by atoms with E-state index in [9.17, 15) is 8.42 Å². The molecule has 0 saturated carbocycles. The molecule has 2 N–H and O–H groups in total. The normalized spacial score (nSPS) is 12.2. The van der Waals surface area contributed by atoms with Crippen molar-refractivity contribution in [3.8, 4) is 0 Å². The van der Waals surface area contributed by atoms with Crippen LogP contribution in [0.3, 0.4) is 0 Å². The summed E-state index contributed by atoms with van der Waals surface area (Å²) in [5.74, 6) is 0.960. The van der Waals surface area contributed by atoms with Crippen LogP contribution in [0.4, 0.5) is 0 Å². The van der Waals surface area contributed by atoms with Gasteiger partial charge in [-0.05, 0) is 44.9 Å². The van der Waals surface area contributed by atoms with E-state index in [1.807, 2.05) is 17.7 Å². The van der Waals surface area contributed by atoms with E-state index in [1.54, 1.807) is 24.0 Å². The molecule has 0 aliphatic rings. The van der Waals surface area contributed by atoms with Crippen LogP contribution in [0.15, 0.2) is 17.2 Å². The van der Waals surface area contributed by atoms with Crippen molar-refractivity contribution in [1.29, 1.82) is 0 Å². The molecule has 1 rings (SSSR count). The molecular formula is C14H27N3O2S2. The zero-order chi connectivity index (χ0) is 15.9. The first kappa shape index (κ1) is 18.5. The second-order valence-electron chi connectivity index (χ2n) is 5.19. The minimum atomic E-state index is -3.41. The van der Waals surface area contributed by atoms with E-state index < -0.39 is 10.0 Å². The van der Waals surface area contributed by atoms with Gasteiger partial charge in [0.25, 0.3) is 0 Å². The minimum Gasteiger partial charge on any atom is -0.346 e. The third kappa shape index (κ3) is 5.65. The van der Waals surface area contributed by atoms with Crippen LogP contribution in [0, 0.1) is 0 Å². The molecule has 0 bridgehead atoms. The van der Waals surface area contributed by atoms with Crippen LogP contribution < -0.4 is 10.0 Å². The summed E-state index contributed by atoms with van der Waals surface area (Å²) in [6.07, 6.45) is 4.59. The minimum absolute atomic E-state index is 0.235. The van der Waals surface area contributed by atoms with Crippen molar-refractivity contribution in [2.24, 2.45) is 0 Å². The summed E-state index contributed by atoms with van der Waals surface area (Å²) in [7, 11) is -3.41. The molecule has 1 aromatic heterocycles. The Morgan fingerprint density at radius 1 is 1.38 bits per heavy atom. The standard InChI is InChI=1S/C14H27N3O2S2/c1-5-15-10-13-9-14(11-17(13)12(2)3)21(18,19)16-7-6-8-20-4/h9,11-12,15-16H,5-8,10H2,1-4H3. The quantitative estimate of drug-likeness (QED) is 0.645. The van der Waals surface area contributed by atoms with Crippen molar-refractivity contribution in [2.45, 2.75) is 44.7 Å². The van der Waals surface area contributed by atoms with Gasteiger partial charge in [-0.15, -0.1) is 0 Å². The highest BCUT2D eigenvalue weighted by atomic mass is 32.2. The summed E-state index contributed by atoms with van der Waals surface area (Å²) in [4.78, 5) is 0.355. The van der Waals surface area contributed by atoms with E-state index in [0.717, 1.165) is 24.4 Å². The fourth-order valence-corrected chi connectivity index (χ4v) is 3.58. The first-order chi connectivity index (χ1) is 9.92. The Hall–Kier alpha value is -0.500. The molecule has 1 aromatic rings. The molecule has 1 heterocycles. The maximum atomic E-state index is 12.3. The SMILES string of the molecule is CCNCc1cc(S(=O)(=O)NCCCSC)cn1C(C)C. The Kier molecular flexibility index (Phi) is 7.79. The second kappa shape index (κ2) is 8.82. The summed E-state index contributed by atoms with van der Waals surface area (Å²) in [5.41, 5.74) is 0.997. The lowest BCUT2D eigenvalue weighted by atomic mass is 10.3. The summed E-state index contributed by atoms with van der Waals surface area (Å²) in [6, 6.07) is 2.00. The smallest absolute Gasteiger partial charge is 0.242 e. The van der Waals surface area contributed by atoms with E-state index in [0.29, 0.717) is 18.0 Å². The molecule has 7 heteroatoms. The summed E-state index contributed by atoms with van der Waals surface area (Å²) >= 11 is 1.72. The van der Waals surface area contributed by atoms with Gasteiger partial charge in [0, 0.05) is 31.0 Å². The maximum Gasteiger partial charge on any atom is 0.242 e. The molecule has 0 unspecified atom stereocenters. The van der Waals surface area contributed by atoms with Gasteiger partial charge in [0.1, 0.15) is 0 Å². The maximum absolute atomic E-state index is 12.3. The number of nitrogens with zero attached hydrogens (tertiary/aromatic N) is 1. The van der Waals surface area contributed by atoms with Crippen molar-refractivity contribution in [3.63, 3.8) is 0 Å². The first-order valence-electron chi connectivity index (χ1n) is 7.32. The molecule has 0 aliphatic carbocycles. The fourth-order valence-electron chi connectivity index (χ4n) is 2.03. The monoisotopic (exact) mass is 333 g/mol. The molecule has 0 aliphatic heterocycles. The first-order valence-corrected chi connectivity index (χ1v) is 10.2. The summed E-state index contributed by atoms with van der Waals surface area (Å²) in [6.45, 7) is 8.16. The topological polar surface area (TPSA) is 63.1 Å². The summed E-state index contributed by atoms with van der Waals surface area (Å²) in [5, 5.41) is 3.25. The zero-order valence-electron chi connectivity index (χ0n) is 13.3. The molecule has 0 atom stereocenters. The number of hydrogen-bond acceptors (Lipinski definition) is 4.